The van der Waals surface area contributed by atoms with Crippen molar-refractivity contribution in [3.05, 3.63) is 34.9 Å². The van der Waals surface area contributed by atoms with Gasteiger partial charge in [0.1, 0.15) is 0 Å². The number of carbonyl (C=O) groups is 1. The van der Waals surface area contributed by atoms with Crippen LogP contribution in [0, 0.1) is 13.8 Å². The van der Waals surface area contributed by atoms with E-state index in [1.165, 1.54) is 10.6 Å². The maximum absolute atomic E-state index is 12.6. The van der Waals surface area contributed by atoms with Crippen LogP contribution in [0.25, 0.3) is 0 Å². The highest BCUT2D eigenvalue weighted by Crippen LogP contribution is 2.14. The third-order valence-corrected chi connectivity index (χ3v) is 4.98. The first-order valence-corrected chi connectivity index (χ1v) is 8.95. The molecule has 1 aromatic rings. The number of hydrogen-bond acceptors (Lipinski definition) is 3. The largest absolute Gasteiger partial charge is 0.337 e. The number of aryl methyl sites for hydroxylation is 2. The summed E-state index contributed by atoms with van der Waals surface area (Å²) in [5, 5.41) is 0. The Hall–Kier alpha value is -1.40. The first kappa shape index (κ1) is 16.0. The van der Waals surface area contributed by atoms with Crippen LogP contribution in [0.5, 0.6) is 0 Å². The summed E-state index contributed by atoms with van der Waals surface area (Å²) in [5.41, 5.74) is 2.80. The van der Waals surface area contributed by atoms with Gasteiger partial charge in [0.25, 0.3) is 5.91 Å². The molecular weight excluding hydrogens is 288 g/mol. The van der Waals surface area contributed by atoms with Crippen LogP contribution < -0.4 is 0 Å². The Morgan fingerprint density at radius 3 is 2.19 bits per heavy atom. The number of rotatable bonds is 2. The molecule has 0 aliphatic carbocycles. The number of sulfonamides is 1. The molecule has 0 atom stereocenters. The van der Waals surface area contributed by atoms with Gasteiger partial charge in [-0.2, -0.15) is 0 Å². The van der Waals surface area contributed by atoms with Crippen molar-refractivity contribution in [2.75, 3.05) is 32.4 Å². The number of hydrogen-bond donors (Lipinski definition) is 0. The van der Waals surface area contributed by atoms with E-state index >= 15 is 0 Å². The van der Waals surface area contributed by atoms with Crippen molar-refractivity contribution in [1.29, 1.82) is 0 Å². The highest BCUT2D eigenvalue weighted by Gasteiger charge is 2.24. The van der Waals surface area contributed by atoms with Crippen molar-refractivity contribution < 1.29 is 13.2 Å². The van der Waals surface area contributed by atoms with Gasteiger partial charge in [0.15, 0.2) is 0 Å². The molecule has 0 spiro atoms. The molecule has 1 fully saturated rings. The molecule has 0 aromatic heterocycles. The molecule has 5 nitrogen and oxygen atoms in total. The number of amides is 1. The fourth-order valence-electron chi connectivity index (χ4n) is 2.71. The summed E-state index contributed by atoms with van der Waals surface area (Å²) < 4.78 is 24.6. The second-order valence-corrected chi connectivity index (χ2v) is 7.67. The number of benzene rings is 1. The van der Waals surface area contributed by atoms with E-state index in [4.69, 9.17) is 0 Å². The third-order valence-electron chi connectivity index (χ3n) is 3.68. The summed E-state index contributed by atoms with van der Waals surface area (Å²) in [6, 6.07) is 5.80. The average Bonchev–Trinajstić information content (AvgIpc) is 2.61. The molecule has 21 heavy (non-hydrogen) atoms. The van der Waals surface area contributed by atoms with Gasteiger partial charge in [-0.1, -0.05) is 17.2 Å². The molecule has 1 heterocycles. The van der Waals surface area contributed by atoms with Gasteiger partial charge in [-0.3, -0.25) is 4.79 Å². The molecule has 1 saturated heterocycles. The van der Waals surface area contributed by atoms with Crippen molar-refractivity contribution in [1.82, 2.24) is 9.21 Å². The predicted octanol–water partition coefficient (Wildman–Crippen LogP) is 1.41. The van der Waals surface area contributed by atoms with Gasteiger partial charge in [-0.25, -0.2) is 12.7 Å². The van der Waals surface area contributed by atoms with Crippen LogP contribution in [0.2, 0.25) is 0 Å². The monoisotopic (exact) mass is 310 g/mol. The van der Waals surface area contributed by atoms with E-state index in [1.807, 2.05) is 32.0 Å². The lowest BCUT2D eigenvalue weighted by molar-refractivity contribution is 0.0764. The van der Waals surface area contributed by atoms with Crippen LogP contribution in [0.1, 0.15) is 27.9 Å². The standard InChI is InChI=1S/C15H22N2O3S/c1-12-9-13(2)11-14(10-12)15(18)16-5-4-6-17(8-7-16)21(3,19)20/h9-11H,4-8H2,1-3H3. The van der Waals surface area contributed by atoms with Gasteiger partial charge in [-0.15, -0.1) is 0 Å². The smallest absolute Gasteiger partial charge is 0.253 e. The fraction of sp³-hybridized carbons (Fsp3) is 0.533. The molecule has 0 bridgehead atoms. The zero-order valence-corrected chi connectivity index (χ0v) is 13.6. The SMILES string of the molecule is Cc1cc(C)cc(C(=O)N2CCCN(S(C)(=O)=O)CC2)c1. The van der Waals surface area contributed by atoms with Crippen molar-refractivity contribution in [3.63, 3.8) is 0 Å². The first-order valence-electron chi connectivity index (χ1n) is 7.10. The quantitative estimate of drug-likeness (QED) is 0.830. The van der Waals surface area contributed by atoms with Gasteiger partial charge >= 0.3 is 0 Å². The van der Waals surface area contributed by atoms with E-state index in [9.17, 15) is 13.2 Å². The summed E-state index contributed by atoms with van der Waals surface area (Å²) >= 11 is 0. The van der Waals surface area contributed by atoms with Gasteiger partial charge in [0, 0.05) is 31.7 Å². The normalized spacial score (nSPS) is 17.6. The van der Waals surface area contributed by atoms with Crippen molar-refractivity contribution >= 4 is 15.9 Å². The Balaban J connectivity index is 2.13. The molecule has 1 amide bonds. The van der Waals surface area contributed by atoms with E-state index in [-0.39, 0.29) is 5.91 Å². The molecule has 0 saturated carbocycles. The van der Waals surface area contributed by atoms with Crippen LogP contribution in [0.3, 0.4) is 0 Å². The lowest BCUT2D eigenvalue weighted by Crippen LogP contribution is -2.37. The molecular formula is C15H22N2O3S. The fourth-order valence-corrected chi connectivity index (χ4v) is 3.58. The molecule has 116 valence electrons. The molecule has 6 heteroatoms. The van der Waals surface area contributed by atoms with Crippen molar-refractivity contribution in [2.45, 2.75) is 20.3 Å². The summed E-state index contributed by atoms with van der Waals surface area (Å²) in [6.45, 7) is 5.83. The van der Waals surface area contributed by atoms with Crippen molar-refractivity contribution in [3.8, 4) is 0 Å². The van der Waals surface area contributed by atoms with Crippen LogP contribution >= 0.6 is 0 Å². The maximum atomic E-state index is 12.6. The Morgan fingerprint density at radius 1 is 1.00 bits per heavy atom. The van der Waals surface area contributed by atoms with Crippen LogP contribution in [-0.4, -0.2) is 56.0 Å². The topological polar surface area (TPSA) is 57.7 Å². The van der Waals surface area contributed by atoms with E-state index in [1.54, 1.807) is 4.90 Å². The summed E-state index contributed by atoms with van der Waals surface area (Å²) in [7, 11) is -3.18. The minimum atomic E-state index is -3.18. The number of carbonyl (C=O) groups excluding carboxylic acids is 1. The Morgan fingerprint density at radius 2 is 1.62 bits per heavy atom. The zero-order chi connectivity index (χ0) is 15.6. The minimum Gasteiger partial charge on any atom is -0.337 e. The average molecular weight is 310 g/mol. The summed E-state index contributed by atoms with van der Waals surface area (Å²) in [4.78, 5) is 14.3. The van der Waals surface area contributed by atoms with E-state index in [2.05, 4.69) is 0 Å². The Kier molecular flexibility index (Phi) is 4.68. The Labute approximate surface area is 126 Å². The first-order chi connectivity index (χ1) is 9.77. The molecule has 1 aromatic carbocycles. The molecule has 2 rings (SSSR count). The second kappa shape index (κ2) is 6.15. The minimum absolute atomic E-state index is 0.0165. The van der Waals surface area contributed by atoms with Crippen molar-refractivity contribution in [2.24, 2.45) is 0 Å². The summed E-state index contributed by atoms with van der Waals surface area (Å²) in [5.74, 6) is -0.0165. The molecule has 0 radical (unpaired) electrons. The lowest BCUT2D eigenvalue weighted by Gasteiger charge is -2.21. The van der Waals surface area contributed by atoms with Gasteiger partial charge < -0.3 is 4.90 Å². The molecule has 1 aliphatic rings. The third kappa shape index (κ3) is 4.04. The lowest BCUT2D eigenvalue weighted by atomic mass is 10.1. The maximum Gasteiger partial charge on any atom is 0.253 e. The van der Waals surface area contributed by atoms with E-state index < -0.39 is 10.0 Å². The van der Waals surface area contributed by atoms with Gasteiger partial charge in [-0.05, 0) is 32.4 Å². The zero-order valence-electron chi connectivity index (χ0n) is 12.8. The highest BCUT2D eigenvalue weighted by atomic mass is 32.2. The highest BCUT2D eigenvalue weighted by molar-refractivity contribution is 7.88. The second-order valence-electron chi connectivity index (χ2n) is 5.68. The Bertz CT molecular complexity index is 620. The summed E-state index contributed by atoms with van der Waals surface area (Å²) in [6.07, 6.45) is 1.89. The van der Waals surface area contributed by atoms with Gasteiger partial charge in [0.2, 0.25) is 10.0 Å². The molecule has 0 N–H and O–H groups in total. The van der Waals surface area contributed by atoms with E-state index in [0.717, 1.165) is 11.1 Å². The molecule has 1 aliphatic heterocycles. The van der Waals surface area contributed by atoms with Gasteiger partial charge in [0.05, 0.1) is 6.26 Å². The molecule has 0 unspecified atom stereocenters. The number of nitrogens with zero attached hydrogens (tertiary/aromatic N) is 2. The van der Waals surface area contributed by atoms with Crippen LogP contribution in [0.4, 0.5) is 0 Å². The van der Waals surface area contributed by atoms with E-state index in [0.29, 0.717) is 38.2 Å². The predicted molar refractivity (Wildman–Crippen MR) is 82.9 cm³/mol. The van der Waals surface area contributed by atoms with Crippen LogP contribution in [0.15, 0.2) is 18.2 Å². The van der Waals surface area contributed by atoms with Crippen LogP contribution in [-0.2, 0) is 10.0 Å².